The number of piperazine rings is 1. The van der Waals surface area contributed by atoms with E-state index < -0.39 is 0 Å². The highest BCUT2D eigenvalue weighted by Gasteiger charge is 2.19. The molecule has 7 nitrogen and oxygen atoms in total. The predicted octanol–water partition coefficient (Wildman–Crippen LogP) is 1.59. The summed E-state index contributed by atoms with van der Waals surface area (Å²) in [6, 6.07) is 0. The molecule has 0 radical (unpaired) electrons. The summed E-state index contributed by atoms with van der Waals surface area (Å²) in [5, 5.41) is 8.80. The number of hydrogen-bond acceptors (Lipinski definition) is 7. The van der Waals surface area contributed by atoms with Crippen LogP contribution < -0.4 is 4.90 Å². The second-order valence-electron chi connectivity index (χ2n) is 6.20. The van der Waals surface area contributed by atoms with Crippen LogP contribution in [0.4, 0.5) is 5.82 Å². The normalized spacial score (nSPS) is 16.2. The minimum Gasteiger partial charge on any atom is -0.353 e. The van der Waals surface area contributed by atoms with Crippen molar-refractivity contribution in [3.63, 3.8) is 0 Å². The van der Waals surface area contributed by atoms with E-state index in [2.05, 4.69) is 42.3 Å². The zero-order valence-corrected chi connectivity index (χ0v) is 14.8. The molecule has 1 fully saturated rings. The monoisotopic (exact) mass is 343 g/mol. The van der Waals surface area contributed by atoms with E-state index in [1.165, 1.54) is 0 Å². The summed E-state index contributed by atoms with van der Waals surface area (Å²) in [5.74, 6) is 1.00. The number of aromatic nitrogens is 5. The van der Waals surface area contributed by atoms with Crippen molar-refractivity contribution in [2.75, 3.05) is 38.1 Å². The van der Waals surface area contributed by atoms with E-state index in [1.807, 2.05) is 17.8 Å². The minimum atomic E-state index is 0.784. The van der Waals surface area contributed by atoms with Crippen molar-refractivity contribution in [2.45, 2.75) is 19.9 Å². The minimum absolute atomic E-state index is 0.784. The lowest BCUT2D eigenvalue weighted by molar-refractivity contribution is 0.312. The molecule has 0 amide bonds. The number of rotatable bonds is 4. The lowest BCUT2D eigenvalue weighted by Crippen LogP contribution is -2.44. The first-order chi connectivity index (χ1) is 11.7. The Kier molecular flexibility index (Phi) is 4.15. The lowest BCUT2D eigenvalue weighted by Gasteiger charge is -2.33. The van der Waals surface area contributed by atoms with E-state index in [4.69, 9.17) is 0 Å². The maximum absolute atomic E-state index is 4.54. The van der Waals surface area contributed by atoms with Gasteiger partial charge < -0.3 is 9.80 Å². The molecule has 0 N–H and O–H groups in total. The van der Waals surface area contributed by atoms with Crippen molar-refractivity contribution in [1.29, 1.82) is 0 Å². The number of thiazole rings is 1. The molecule has 3 aromatic rings. The van der Waals surface area contributed by atoms with E-state index in [9.17, 15) is 0 Å². The third kappa shape index (κ3) is 2.99. The molecular weight excluding hydrogens is 322 g/mol. The van der Waals surface area contributed by atoms with Gasteiger partial charge in [-0.1, -0.05) is 0 Å². The first kappa shape index (κ1) is 15.5. The summed E-state index contributed by atoms with van der Waals surface area (Å²) >= 11 is 1.69. The molecule has 24 heavy (non-hydrogen) atoms. The Bertz CT molecular complexity index is 832. The third-order valence-corrected chi connectivity index (χ3v) is 5.28. The quantitative estimate of drug-likeness (QED) is 0.717. The molecular formula is C16H21N7S. The van der Waals surface area contributed by atoms with Gasteiger partial charge in [-0.25, -0.2) is 19.6 Å². The number of aryl methyl sites for hydroxylation is 3. The molecule has 3 aromatic heterocycles. The largest absolute Gasteiger partial charge is 0.353 e. The van der Waals surface area contributed by atoms with Crippen molar-refractivity contribution in [1.82, 2.24) is 29.6 Å². The maximum Gasteiger partial charge on any atom is 0.163 e. The molecule has 0 bridgehead atoms. The second-order valence-corrected chi connectivity index (χ2v) is 7.26. The molecule has 1 aliphatic rings. The van der Waals surface area contributed by atoms with Crippen molar-refractivity contribution in [2.24, 2.45) is 0 Å². The van der Waals surface area contributed by atoms with Crippen molar-refractivity contribution in [3.8, 4) is 0 Å². The van der Waals surface area contributed by atoms with E-state index in [0.717, 1.165) is 66.7 Å². The van der Waals surface area contributed by atoms with Gasteiger partial charge in [0.05, 0.1) is 22.3 Å². The van der Waals surface area contributed by atoms with Gasteiger partial charge in [-0.05, 0) is 14.0 Å². The van der Waals surface area contributed by atoms with Crippen LogP contribution in [0.25, 0.3) is 11.0 Å². The summed E-state index contributed by atoms with van der Waals surface area (Å²) in [6.45, 7) is 6.92. The Morgan fingerprint density at radius 2 is 2.00 bits per heavy atom. The molecule has 1 saturated heterocycles. The van der Waals surface area contributed by atoms with Gasteiger partial charge in [-0.15, -0.1) is 11.3 Å². The van der Waals surface area contributed by atoms with Gasteiger partial charge in [-0.2, -0.15) is 5.10 Å². The number of likely N-dealkylation sites (N-methyl/N-ethyl adjacent to an activating group) is 1. The first-order valence-corrected chi connectivity index (χ1v) is 9.09. The van der Waals surface area contributed by atoms with Gasteiger partial charge in [0.15, 0.2) is 5.65 Å². The van der Waals surface area contributed by atoms with Crippen LogP contribution in [0.2, 0.25) is 0 Å². The van der Waals surface area contributed by atoms with Crippen LogP contribution in [0.5, 0.6) is 0 Å². The zero-order chi connectivity index (χ0) is 16.5. The predicted molar refractivity (Wildman–Crippen MR) is 95.6 cm³/mol. The average Bonchev–Trinajstić information content (AvgIpc) is 3.19. The molecule has 4 rings (SSSR count). The Hall–Kier alpha value is -2.06. The molecule has 0 saturated carbocycles. The van der Waals surface area contributed by atoms with E-state index in [0.29, 0.717) is 0 Å². The number of anilines is 1. The zero-order valence-electron chi connectivity index (χ0n) is 14.0. The summed E-state index contributed by atoms with van der Waals surface area (Å²) < 4.78 is 1.96. The molecule has 126 valence electrons. The van der Waals surface area contributed by atoms with Gasteiger partial charge in [0, 0.05) is 44.5 Å². The van der Waals surface area contributed by atoms with Crippen LogP contribution in [0.3, 0.4) is 0 Å². The molecule has 0 atom stereocenters. The van der Waals surface area contributed by atoms with Crippen LogP contribution in [-0.2, 0) is 13.0 Å². The second kappa shape index (κ2) is 6.45. The SMILES string of the molecule is Cc1nc(CCn2ncc3c(N4CCN(C)CC4)ncnc32)cs1. The highest BCUT2D eigenvalue weighted by molar-refractivity contribution is 7.09. The first-order valence-electron chi connectivity index (χ1n) is 8.22. The standard InChI is InChI=1S/C16H21N7S/c1-12-20-13(10-24-12)3-4-23-16-14(9-19-23)15(17-11-18-16)22-7-5-21(2)6-8-22/h9-11H,3-8H2,1-2H3. The van der Waals surface area contributed by atoms with Crippen molar-refractivity contribution >= 4 is 28.2 Å². The topological polar surface area (TPSA) is 63.0 Å². The fraction of sp³-hybridized carbons (Fsp3) is 0.500. The molecule has 0 aromatic carbocycles. The van der Waals surface area contributed by atoms with Crippen LogP contribution in [0.15, 0.2) is 17.9 Å². The van der Waals surface area contributed by atoms with E-state index in [1.54, 1.807) is 17.7 Å². The molecule has 0 aliphatic carbocycles. The van der Waals surface area contributed by atoms with Gasteiger partial charge in [0.25, 0.3) is 0 Å². The van der Waals surface area contributed by atoms with Crippen LogP contribution in [-0.4, -0.2) is 62.9 Å². The van der Waals surface area contributed by atoms with Crippen LogP contribution in [0.1, 0.15) is 10.7 Å². The lowest BCUT2D eigenvalue weighted by atomic mass is 10.3. The van der Waals surface area contributed by atoms with Gasteiger partial charge in [-0.3, -0.25) is 0 Å². The van der Waals surface area contributed by atoms with Gasteiger partial charge in [0.2, 0.25) is 0 Å². The number of hydrogen-bond donors (Lipinski definition) is 0. The summed E-state index contributed by atoms with van der Waals surface area (Å²) in [4.78, 5) is 18.2. The summed E-state index contributed by atoms with van der Waals surface area (Å²) in [5.41, 5.74) is 2.03. The highest BCUT2D eigenvalue weighted by atomic mass is 32.1. The average molecular weight is 343 g/mol. The molecule has 4 heterocycles. The van der Waals surface area contributed by atoms with Crippen molar-refractivity contribution < 1.29 is 0 Å². The van der Waals surface area contributed by atoms with Crippen LogP contribution >= 0.6 is 11.3 Å². The smallest absolute Gasteiger partial charge is 0.163 e. The fourth-order valence-electron chi connectivity index (χ4n) is 3.06. The number of fused-ring (bicyclic) bond motifs is 1. The molecule has 8 heteroatoms. The Labute approximate surface area is 145 Å². The number of nitrogens with zero attached hydrogens (tertiary/aromatic N) is 7. The Morgan fingerprint density at radius 3 is 2.75 bits per heavy atom. The summed E-state index contributed by atoms with van der Waals surface area (Å²) in [7, 11) is 2.16. The van der Waals surface area contributed by atoms with Crippen LogP contribution in [0, 0.1) is 6.92 Å². The van der Waals surface area contributed by atoms with Gasteiger partial charge >= 0.3 is 0 Å². The van der Waals surface area contributed by atoms with E-state index in [-0.39, 0.29) is 0 Å². The summed E-state index contributed by atoms with van der Waals surface area (Å²) in [6.07, 6.45) is 4.42. The fourth-order valence-corrected chi connectivity index (χ4v) is 3.71. The Balaban J connectivity index is 1.57. The highest BCUT2D eigenvalue weighted by Crippen LogP contribution is 2.23. The van der Waals surface area contributed by atoms with E-state index >= 15 is 0 Å². The molecule has 0 unspecified atom stereocenters. The molecule has 0 spiro atoms. The van der Waals surface area contributed by atoms with Gasteiger partial charge in [0.1, 0.15) is 12.1 Å². The maximum atomic E-state index is 4.54. The molecule has 1 aliphatic heterocycles. The Morgan fingerprint density at radius 1 is 1.17 bits per heavy atom. The third-order valence-electron chi connectivity index (χ3n) is 4.46. The van der Waals surface area contributed by atoms with Crippen molar-refractivity contribution in [3.05, 3.63) is 28.6 Å².